The van der Waals surface area contributed by atoms with Crippen LogP contribution in [0.25, 0.3) is 0 Å². The van der Waals surface area contributed by atoms with Crippen LogP contribution in [0.3, 0.4) is 0 Å². The van der Waals surface area contributed by atoms with Crippen LogP contribution in [0.1, 0.15) is 206 Å². The zero-order valence-electron chi connectivity index (χ0n) is 41.5. The number of likely N-dealkylation sites (N-methyl/N-ethyl adjacent to an activating group) is 1. The van der Waals surface area contributed by atoms with Gasteiger partial charge in [-0.1, -0.05) is 189 Å². The number of ether oxygens (including phenoxy) is 2. The predicted molar refractivity (Wildman–Crippen MR) is 268 cm³/mol. The lowest BCUT2D eigenvalue weighted by molar-refractivity contribution is -0.870. The molecule has 63 heavy (non-hydrogen) atoms. The maximum absolute atomic E-state index is 12.7. The summed E-state index contributed by atoms with van der Waals surface area (Å²) in [5.74, 6) is -0.375. The third-order valence-corrected chi connectivity index (χ3v) is 11.7. The molecule has 0 aromatic carbocycles. The van der Waals surface area contributed by atoms with Gasteiger partial charge in [-0.15, -0.1) is 0 Å². The molecule has 9 heteroatoms. The van der Waals surface area contributed by atoms with Crippen LogP contribution < -0.4 is 4.89 Å². The van der Waals surface area contributed by atoms with E-state index >= 15 is 0 Å². The summed E-state index contributed by atoms with van der Waals surface area (Å²) in [5.41, 5.74) is 0. The van der Waals surface area contributed by atoms with Gasteiger partial charge >= 0.3 is 5.97 Å². The second-order valence-electron chi connectivity index (χ2n) is 18.1. The van der Waals surface area contributed by atoms with Crippen LogP contribution in [0.5, 0.6) is 0 Å². The smallest absolute Gasteiger partial charge is 0.306 e. The van der Waals surface area contributed by atoms with Gasteiger partial charge in [0.2, 0.25) is 0 Å². The Morgan fingerprint density at radius 2 is 0.921 bits per heavy atom. The van der Waals surface area contributed by atoms with Gasteiger partial charge in [0.15, 0.2) is 0 Å². The Balaban J connectivity index is 4.12. The number of esters is 1. The number of nitrogens with zero attached hydrogens (tertiary/aromatic N) is 1. The fourth-order valence-electron chi connectivity index (χ4n) is 6.80. The van der Waals surface area contributed by atoms with Crippen molar-refractivity contribution in [1.29, 1.82) is 0 Å². The summed E-state index contributed by atoms with van der Waals surface area (Å²) in [7, 11) is 1.32. The summed E-state index contributed by atoms with van der Waals surface area (Å²) in [6.45, 7) is 5.23. The van der Waals surface area contributed by atoms with Gasteiger partial charge < -0.3 is 27.9 Å². The van der Waals surface area contributed by atoms with Crippen LogP contribution in [0, 0.1) is 0 Å². The summed E-state index contributed by atoms with van der Waals surface area (Å²) in [6, 6.07) is 0. The van der Waals surface area contributed by atoms with E-state index in [2.05, 4.69) is 86.8 Å². The first-order valence-corrected chi connectivity index (χ1v) is 27.1. The third kappa shape index (κ3) is 50.8. The van der Waals surface area contributed by atoms with Crippen molar-refractivity contribution >= 4 is 13.8 Å². The molecular formula is C54H98NO7P. The number of carbonyl (C=O) groups excluding carboxylic acids is 1. The number of rotatable bonds is 47. The summed E-state index contributed by atoms with van der Waals surface area (Å²) < 4.78 is 34.7. The molecule has 0 bridgehead atoms. The number of phosphoric acid groups is 1. The van der Waals surface area contributed by atoms with Gasteiger partial charge in [-0.25, -0.2) is 0 Å². The first-order valence-electron chi connectivity index (χ1n) is 25.7. The number of unbranched alkanes of at least 4 members (excludes halogenated alkanes) is 21. The molecule has 0 aromatic rings. The van der Waals surface area contributed by atoms with Gasteiger partial charge in [0, 0.05) is 13.0 Å². The number of allylic oxidation sites excluding steroid dienone is 12. The maximum atomic E-state index is 12.7. The molecule has 0 aliphatic carbocycles. The van der Waals surface area contributed by atoms with Crippen LogP contribution in [0.2, 0.25) is 0 Å². The molecule has 0 spiro atoms. The van der Waals surface area contributed by atoms with E-state index in [-0.39, 0.29) is 32.2 Å². The monoisotopic (exact) mass is 904 g/mol. The van der Waals surface area contributed by atoms with E-state index in [4.69, 9.17) is 18.5 Å². The van der Waals surface area contributed by atoms with E-state index in [9.17, 15) is 14.3 Å². The lowest BCUT2D eigenvalue weighted by atomic mass is 10.0. The fraction of sp³-hybridized carbons (Fsp3) is 0.759. The third-order valence-electron chi connectivity index (χ3n) is 10.7. The summed E-state index contributed by atoms with van der Waals surface area (Å²) >= 11 is 0. The van der Waals surface area contributed by atoms with E-state index in [1.54, 1.807) is 0 Å². The van der Waals surface area contributed by atoms with Gasteiger partial charge in [-0.3, -0.25) is 9.36 Å². The molecular weight excluding hydrogens is 806 g/mol. The molecule has 0 amide bonds. The van der Waals surface area contributed by atoms with Crippen molar-refractivity contribution in [3.05, 3.63) is 72.9 Å². The van der Waals surface area contributed by atoms with Gasteiger partial charge in [-0.2, -0.15) is 0 Å². The average molecular weight is 904 g/mol. The Hall–Kier alpha value is -2.06. The molecule has 0 aromatic heterocycles. The Morgan fingerprint density at radius 1 is 0.508 bits per heavy atom. The molecule has 0 aliphatic rings. The average Bonchev–Trinajstić information content (AvgIpc) is 3.24. The van der Waals surface area contributed by atoms with Crippen molar-refractivity contribution in [3.63, 3.8) is 0 Å². The largest absolute Gasteiger partial charge is 0.756 e. The van der Waals surface area contributed by atoms with Crippen molar-refractivity contribution in [1.82, 2.24) is 0 Å². The van der Waals surface area contributed by atoms with E-state index in [0.29, 0.717) is 24.1 Å². The molecule has 0 saturated heterocycles. The number of carbonyl (C=O) groups is 1. The predicted octanol–water partition coefficient (Wildman–Crippen LogP) is 15.2. The highest BCUT2D eigenvalue weighted by Crippen LogP contribution is 2.38. The summed E-state index contributed by atoms with van der Waals surface area (Å²) in [5, 5.41) is 0. The molecule has 8 nitrogen and oxygen atoms in total. The summed E-state index contributed by atoms with van der Waals surface area (Å²) in [4.78, 5) is 25.1. The highest BCUT2D eigenvalue weighted by molar-refractivity contribution is 7.45. The molecule has 0 rings (SSSR count). The first-order chi connectivity index (χ1) is 30.6. The minimum atomic E-state index is -4.54. The second kappa shape index (κ2) is 46.5. The van der Waals surface area contributed by atoms with Crippen molar-refractivity contribution < 1.29 is 37.3 Å². The van der Waals surface area contributed by atoms with Crippen LogP contribution in [0.4, 0.5) is 0 Å². The molecule has 366 valence electrons. The number of quaternary nitrogens is 1. The first kappa shape index (κ1) is 60.9. The van der Waals surface area contributed by atoms with E-state index in [0.717, 1.165) is 57.8 Å². The lowest BCUT2D eigenvalue weighted by Gasteiger charge is -2.28. The Kier molecular flexibility index (Phi) is 44.9. The lowest BCUT2D eigenvalue weighted by Crippen LogP contribution is -2.37. The maximum Gasteiger partial charge on any atom is 0.306 e. The van der Waals surface area contributed by atoms with Gasteiger partial charge in [-0.05, 0) is 83.5 Å². The van der Waals surface area contributed by atoms with Crippen molar-refractivity contribution in [3.8, 4) is 0 Å². The van der Waals surface area contributed by atoms with Gasteiger partial charge in [0.05, 0.1) is 34.4 Å². The van der Waals surface area contributed by atoms with Crippen molar-refractivity contribution in [2.45, 2.75) is 213 Å². The number of hydrogen-bond acceptors (Lipinski definition) is 7. The Labute approximate surface area is 389 Å². The minimum absolute atomic E-state index is 0.0152. The van der Waals surface area contributed by atoms with Gasteiger partial charge in [0.1, 0.15) is 19.3 Å². The molecule has 0 fully saturated rings. The normalized spacial score (nSPS) is 14.2. The van der Waals surface area contributed by atoms with E-state index < -0.39 is 13.9 Å². The molecule has 2 atom stereocenters. The number of hydrogen-bond donors (Lipinski definition) is 0. The standard InChI is InChI=1S/C54H98NO7P/c1-6-8-10-12-14-16-18-20-22-23-24-25-26-27-28-29-30-31-32-34-36-38-40-42-44-46-49-59-51-53(52-61-63(57,58)60-50-48-55(3,4)5)62-54(56)47-45-43-41-39-37-35-33-21-19-17-15-13-11-9-7-2/h9,11,15,17-18,20-21,23-24,33,37,39,53H,6-8,10,12-14,16,19,22,25-32,34-36,38,40-52H2,1-5H3/b11-9-,17-15-,20-18-,24-23-,33-21-,39-37-. The van der Waals surface area contributed by atoms with Crippen molar-refractivity contribution in [2.24, 2.45) is 0 Å². The molecule has 0 heterocycles. The molecule has 2 unspecified atom stereocenters. The van der Waals surface area contributed by atoms with Crippen LogP contribution >= 0.6 is 7.82 Å². The van der Waals surface area contributed by atoms with Crippen LogP contribution in [-0.4, -0.2) is 70.7 Å². The number of phosphoric ester groups is 1. The Bertz CT molecular complexity index is 1230. The molecule has 0 radical (unpaired) electrons. The highest BCUT2D eigenvalue weighted by Gasteiger charge is 2.20. The van der Waals surface area contributed by atoms with E-state index in [1.165, 1.54) is 122 Å². The zero-order chi connectivity index (χ0) is 46.2. The fourth-order valence-corrected chi connectivity index (χ4v) is 7.53. The Morgan fingerprint density at radius 3 is 1.38 bits per heavy atom. The van der Waals surface area contributed by atoms with Crippen LogP contribution in [0.15, 0.2) is 72.9 Å². The molecule has 0 N–H and O–H groups in total. The SMILES string of the molecule is CC/C=C\C/C=C\C/C=C\C/C=C\CCCCC(=O)OC(COCCCCCCCCCCCCCCCC/C=C\C/C=C\CCCCCCC)COP(=O)([O-])OCC[N+](C)(C)C. The van der Waals surface area contributed by atoms with Gasteiger partial charge in [0.25, 0.3) is 7.82 Å². The van der Waals surface area contributed by atoms with Crippen molar-refractivity contribution in [2.75, 3.05) is 54.1 Å². The summed E-state index contributed by atoms with van der Waals surface area (Å²) in [6.07, 6.45) is 60.9. The topological polar surface area (TPSA) is 94.1 Å². The molecule has 0 aliphatic heterocycles. The zero-order valence-corrected chi connectivity index (χ0v) is 42.4. The quantitative estimate of drug-likeness (QED) is 0.0197. The van der Waals surface area contributed by atoms with E-state index in [1.807, 2.05) is 21.1 Å². The second-order valence-corrected chi connectivity index (χ2v) is 19.6. The molecule has 0 saturated carbocycles. The van der Waals surface area contributed by atoms with Crippen LogP contribution in [-0.2, 0) is 27.9 Å². The highest BCUT2D eigenvalue weighted by atomic mass is 31.2. The minimum Gasteiger partial charge on any atom is -0.756 e.